The number of methoxy groups -OCH3 is 2. The highest BCUT2D eigenvalue weighted by Gasteiger charge is 2.31. The van der Waals surface area contributed by atoms with Crippen LogP contribution in [-0.4, -0.2) is 45.4 Å². The minimum Gasteiger partial charge on any atom is -0.488 e. The van der Waals surface area contributed by atoms with E-state index in [0.29, 0.717) is 60.2 Å². The van der Waals surface area contributed by atoms with E-state index in [0.717, 1.165) is 34.0 Å². The second-order valence-corrected chi connectivity index (χ2v) is 16.1. The van der Waals surface area contributed by atoms with Crippen LogP contribution in [0, 0.1) is 0 Å². The van der Waals surface area contributed by atoms with E-state index in [9.17, 15) is 31.1 Å². The number of rotatable bonds is 14. The van der Waals surface area contributed by atoms with Gasteiger partial charge in [0, 0.05) is 36.5 Å². The number of ether oxygens (including phenoxy) is 4. The largest absolute Gasteiger partial charge is 0.488 e. The Labute approximate surface area is 376 Å². The molecule has 3 aromatic heterocycles. The predicted octanol–water partition coefficient (Wildman–Crippen LogP) is 10.9. The summed E-state index contributed by atoms with van der Waals surface area (Å²) in [6.45, 7) is 0.734. The number of hydrogen-bond donors (Lipinski definition) is 3. The SMILES string of the molecule is COCc1nc(-c2ccc(C(F)(F)F)cc2)sc1COc1ccc(-c2noc(=O)[nH]2)c(Cl)c1.COCc1nc(-c2ccc(C(F)(F)F)cc2)sc1COc1ccc(C(N)=NO)c(Cl)c1. The first-order valence-electron chi connectivity index (χ1n) is 18.2. The Balaban J connectivity index is 0.000000213. The van der Waals surface area contributed by atoms with E-state index in [1.54, 1.807) is 30.3 Å². The highest BCUT2D eigenvalue weighted by Crippen LogP contribution is 2.36. The maximum atomic E-state index is 12.8. The van der Waals surface area contributed by atoms with Crippen LogP contribution in [0.3, 0.4) is 0 Å². The fraction of sp³-hybridized carbons (Fsp3) is 0.195. The van der Waals surface area contributed by atoms with Gasteiger partial charge in [0.15, 0.2) is 11.7 Å². The van der Waals surface area contributed by atoms with Gasteiger partial charge in [-0.3, -0.25) is 9.51 Å². The molecule has 0 saturated heterocycles. The molecule has 64 heavy (non-hydrogen) atoms. The molecule has 0 radical (unpaired) electrons. The van der Waals surface area contributed by atoms with Gasteiger partial charge in [0.25, 0.3) is 0 Å². The minimum absolute atomic E-state index is 0.123. The number of aromatic amines is 1. The number of aromatic nitrogens is 4. The van der Waals surface area contributed by atoms with Gasteiger partial charge in [-0.05, 0) is 60.7 Å². The van der Waals surface area contributed by atoms with Gasteiger partial charge >= 0.3 is 18.1 Å². The molecule has 0 fully saturated rings. The van der Waals surface area contributed by atoms with Crippen LogP contribution in [0.5, 0.6) is 11.5 Å². The van der Waals surface area contributed by atoms with Crippen LogP contribution in [0.25, 0.3) is 32.5 Å². The Morgan fingerprint density at radius 2 is 1.20 bits per heavy atom. The highest BCUT2D eigenvalue weighted by molar-refractivity contribution is 7.15. The van der Waals surface area contributed by atoms with Crippen molar-refractivity contribution in [2.75, 3.05) is 14.2 Å². The second-order valence-electron chi connectivity index (χ2n) is 13.1. The van der Waals surface area contributed by atoms with E-state index in [1.165, 1.54) is 67.2 Å². The number of halogens is 8. The fourth-order valence-corrected chi connectivity index (χ4v) is 8.10. The fourth-order valence-electron chi connectivity index (χ4n) is 5.61. The van der Waals surface area contributed by atoms with Gasteiger partial charge in [-0.15, -0.1) is 22.7 Å². The lowest BCUT2D eigenvalue weighted by Gasteiger charge is -2.08. The van der Waals surface area contributed by atoms with Crippen molar-refractivity contribution in [2.45, 2.75) is 38.8 Å². The summed E-state index contributed by atoms with van der Waals surface area (Å²) in [6.07, 6.45) is -8.80. The van der Waals surface area contributed by atoms with Crippen molar-refractivity contribution in [1.29, 1.82) is 0 Å². The number of nitrogens with one attached hydrogen (secondary N) is 1. The van der Waals surface area contributed by atoms with E-state index in [-0.39, 0.29) is 43.1 Å². The number of H-pyrrole nitrogens is 1. The molecular formula is C41H32Cl2F6N6O7S2. The molecule has 13 nitrogen and oxygen atoms in total. The van der Waals surface area contributed by atoms with Gasteiger partial charge in [0.05, 0.1) is 55.5 Å². The number of amidine groups is 1. The third-order valence-corrected chi connectivity index (χ3v) is 11.6. The Morgan fingerprint density at radius 1 is 0.734 bits per heavy atom. The van der Waals surface area contributed by atoms with Crippen LogP contribution < -0.4 is 21.0 Å². The first-order valence-corrected chi connectivity index (χ1v) is 20.6. The molecule has 0 spiro atoms. The number of benzene rings is 4. The Bertz CT molecular complexity index is 2780. The number of nitrogens with two attached hydrogens (primary N) is 1. The van der Waals surface area contributed by atoms with Crippen molar-refractivity contribution in [3.05, 3.63) is 143 Å². The first-order chi connectivity index (χ1) is 30.5. The summed E-state index contributed by atoms with van der Waals surface area (Å²) in [5.41, 5.74) is 7.31. The lowest BCUT2D eigenvalue weighted by Crippen LogP contribution is -2.13. The molecule has 4 N–H and O–H groups in total. The number of thiazole rings is 2. The van der Waals surface area contributed by atoms with Crippen molar-refractivity contribution in [3.8, 4) is 44.0 Å². The highest BCUT2D eigenvalue weighted by atomic mass is 35.5. The zero-order chi connectivity index (χ0) is 46.2. The van der Waals surface area contributed by atoms with Gasteiger partial charge < -0.3 is 29.9 Å². The molecular weight excluding hydrogens is 938 g/mol. The van der Waals surface area contributed by atoms with Crippen LogP contribution in [0.1, 0.15) is 37.8 Å². The van der Waals surface area contributed by atoms with Crippen molar-refractivity contribution in [1.82, 2.24) is 20.1 Å². The molecule has 0 aliphatic carbocycles. The van der Waals surface area contributed by atoms with Crippen molar-refractivity contribution >= 4 is 51.7 Å². The summed E-state index contributed by atoms with van der Waals surface area (Å²) < 4.78 is 103. The molecule has 336 valence electrons. The molecule has 0 amide bonds. The maximum absolute atomic E-state index is 12.8. The van der Waals surface area contributed by atoms with E-state index in [1.807, 2.05) is 0 Å². The maximum Gasteiger partial charge on any atom is 0.439 e. The van der Waals surface area contributed by atoms with Crippen molar-refractivity contribution in [3.63, 3.8) is 0 Å². The molecule has 0 atom stereocenters. The van der Waals surface area contributed by atoms with E-state index in [2.05, 4.69) is 29.8 Å². The summed E-state index contributed by atoms with van der Waals surface area (Å²) in [5, 5.41) is 16.9. The van der Waals surface area contributed by atoms with E-state index < -0.39 is 29.2 Å². The Morgan fingerprint density at radius 3 is 1.59 bits per heavy atom. The molecule has 0 saturated carbocycles. The summed E-state index contributed by atoms with van der Waals surface area (Å²) in [4.78, 5) is 24.1. The lowest BCUT2D eigenvalue weighted by molar-refractivity contribution is -0.138. The third kappa shape index (κ3) is 12.0. The summed E-state index contributed by atoms with van der Waals surface area (Å²) >= 11 is 15.0. The normalized spacial score (nSPS) is 11.9. The Kier molecular flexibility index (Phi) is 15.4. The smallest absolute Gasteiger partial charge is 0.439 e. The Hall–Kier alpha value is -5.97. The molecule has 3 heterocycles. The minimum atomic E-state index is -4.40. The summed E-state index contributed by atoms with van der Waals surface area (Å²) in [5.74, 6) is 0.293. The molecule has 4 aromatic carbocycles. The molecule has 7 rings (SSSR count). The van der Waals surface area contributed by atoms with Gasteiger partial charge in [-0.25, -0.2) is 14.8 Å². The third-order valence-electron chi connectivity index (χ3n) is 8.74. The van der Waals surface area contributed by atoms with E-state index in [4.69, 9.17) is 53.1 Å². The number of alkyl halides is 6. The van der Waals surface area contributed by atoms with Crippen LogP contribution in [0.2, 0.25) is 10.0 Å². The molecule has 0 aliphatic rings. The predicted molar refractivity (Wildman–Crippen MR) is 227 cm³/mol. The van der Waals surface area contributed by atoms with Crippen LogP contribution in [-0.2, 0) is 48.3 Å². The van der Waals surface area contributed by atoms with Crippen LogP contribution in [0.15, 0.2) is 99.4 Å². The second kappa shape index (κ2) is 20.7. The van der Waals surface area contributed by atoms with Crippen molar-refractivity contribution in [2.24, 2.45) is 10.9 Å². The van der Waals surface area contributed by atoms with Crippen LogP contribution in [0.4, 0.5) is 26.3 Å². The molecule has 7 aromatic rings. The van der Waals surface area contributed by atoms with Crippen LogP contribution >= 0.6 is 45.9 Å². The summed E-state index contributed by atoms with van der Waals surface area (Å²) in [7, 11) is 3.04. The standard InChI is InChI=1S/C21H15ClF3N3O4S.C20H17ClF3N3O3S/c1-30-9-16-17(33-19(26-16)11-2-4-12(5-3-11)21(23,24)25)10-31-13-6-7-14(15(22)8-13)18-27-20(29)32-28-18;1-29-9-16-17(10-30-13-6-7-14(15(21)8-13)18(25)27-28)31-19(26-16)11-2-4-12(5-3-11)20(22,23)24/h2-8H,9-10H2,1H3,(H,27,28,29);2-8,28H,9-10H2,1H3,(H2,25,27). The number of nitrogens with zero attached hydrogens (tertiary/aromatic N) is 4. The van der Waals surface area contributed by atoms with Gasteiger partial charge in [0.1, 0.15) is 34.7 Å². The van der Waals surface area contributed by atoms with E-state index >= 15 is 0 Å². The molecule has 23 heteroatoms. The van der Waals surface area contributed by atoms with Crippen molar-refractivity contribution < 1.29 is 55.0 Å². The first kappa shape index (κ1) is 47.5. The number of oxime groups is 1. The zero-order valence-electron chi connectivity index (χ0n) is 33.0. The van der Waals surface area contributed by atoms with Gasteiger partial charge in [-0.1, -0.05) is 57.8 Å². The lowest BCUT2D eigenvalue weighted by atomic mass is 10.1. The zero-order valence-corrected chi connectivity index (χ0v) is 36.2. The monoisotopic (exact) mass is 968 g/mol. The topological polar surface area (TPSA) is 180 Å². The van der Waals surface area contributed by atoms with Gasteiger partial charge in [0.2, 0.25) is 0 Å². The number of hydrogen-bond acceptors (Lipinski definition) is 13. The summed E-state index contributed by atoms with van der Waals surface area (Å²) in [6, 6.07) is 19.2. The molecule has 0 bridgehead atoms. The average Bonchev–Trinajstić information content (AvgIpc) is 4.00. The molecule has 0 aliphatic heterocycles. The quantitative estimate of drug-likeness (QED) is 0.0310. The average molecular weight is 970 g/mol. The molecule has 0 unspecified atom stereocenters. The van der Waals surface area contributed by atoms with Gasteiger partial charge in [-0.2, -0.15) is 26.3 Å².